The highest BCUT2D eigenvalue weighted by atomic mass is 32.2. The minimum absolute atomic E-state index is 0.0566. The number of nitrogens with one attached hydrogen (secondary N) is 1. The number of nitriles is 1. The first-order valence-electron chi connectivity index (χ1n) is 8.63. The van der Waals surface area contributed by atoms with Gasteiger partial charge in [-0.2, -0.15) is 18.7 Å². The van der Waals surface area contributed by atoms with Gasteiger partial charge in [-0.15, -0.1) is 9.35 Å². The Labute approximate surface area is 177 Å². The van der Waals surface area contributed by atoms with E-state index in [1.165, 1.54) is 12.1 Å². The van der Waals surface area contributed by atoms with Crippen LogP contribution in [0, 0.1) is 23.7 Å². The number of aromatic nitrogens is 2. The third kappa shape index (κ3) is 4.74. The van der Waals surface area contributed by atoms with Crippen molar-refractivity contribution in [2.24, 2.45) is 5.73 Å². The first-order valence-corrected chi connectivity index (χ1v) is 10.4. The Morgan fingerprint density at radius 3 is 2.61 bits per heavy atom. The minimum atomic E-state index is -4.09. The van der Waals surface area contributed by atoms with E-state index in [0.29, 0.717) is 22.3 Å². The molecule has 0 saturated carbocycles. The number of carbonyl (C=O) groups excluding carboxylic acids is 1. The lowest BCUT2D eigenvalue weighted by atomic mass is 10.0. The van der Waals surface area contributed by atoms with Crippen molar-refractivity contribution in [2.75, 3.05) is 6.26 Å². The predicted molar refractivity (Wildman–Crippen MR) is 109 cm³/mol. The summed E-state index contributed by atoms with van der Waals surface area (Å²) < 4.78 is 32.5. The molecule has 0 saturated heterocycles. The molecule has 1 amide bonds. The first-order chi connectivity index (χ1) is 14.6. The molecular weight excluding hydrogens is 424 g/mol. The van der Waals surface area contributed by atoms with Gasteiger partial charge in [-0.3, -0.25) is 10.2 Å². The van der Waals surface area contributed by atoms with Crippen LogP contribution in [-0.2, 0) is 14.4 Å². The third-order valence-electron chi connectivity index (χ3n) is 4.03. The number of aryl methyl sites for hydroxylation is 1. The fourth-order valence-corrected chi connectivity index (χ4v) is 3.11. The maximum atomic E-state index is 12.6. The van der Waals surface area contributed by atoms with E-state index < -0.39 is 22.0 Å². The fraction of sp³-hybridized carbons (Fsp3) is 0.105. The second-order valence-electron chi connectivity index (χ2n) is 6.37. The highest BCUT2D eigenvalue weighted by Gasteiger charge is 2.26. The van der Waals surface area contributed by atoms with E-state index >= 15 is 0 Å². The second-order valence-corrected chi connectivity index (χ2v) is 7.93. The SMILES string of the molecule is Cc1cc(-c2noc(-c3ccccc3C#N)n2)ccc1C(=O)N(OS(C)(=O)=O)C(=N)N. The Hall–Kier alpha value is -4.08. The van der Waals surface area contributed by atoms with Crippen molar-refractivity contribution < 1.29 is 22.0 Å². The number of nitrogens with two attached hydrogens (primary N) is 1. The Morgan fingerprint density at radius 1 is 1.29 bits per heavy atom. The number of hydroxylamine groups is 2. The van der Waals surface area contributed by atoms with Crippen molar-refractivity contribution in [3.05, 3.63) is 59.2 Å². The summed E-state index contributed by atoms with van der Waals surface area (Å²) in [6, 6.07) is 13.3. The molecule has 0 aliphatic carbocycles. The zero-order chi connectivity index (χ0) is 22.8. The molecule has 0 aliphatic rings. The molecule has 0 atom stereocenters. The monoisotopic (exact) mass is 440 g/mol. The molecule has 12 heteroatoms. The number of nitrogens with zero attached hydrogens (tertiary/aromatic N) is 4. The van der Waals surface area contributed by atoms with Crippen molar-refractivity contribution in [3.8, 4) is 28.9 Å². The van der Waals surface area contributed by atoms with Gasteiger partial charge in [0.1, 0.15) is 0 Å². The number of benzene rings is 2. The number of hydrogen-bond donors (Lipinski definition) is 2. The molecule has 0 fully saturated rings. The van der Waals surface area contributed by atoms with E-state index in [1.807, 2.05) is 0 Å². The van der Waals surface area contributed by atoms with Gasteiger partial charge in [0, 0.05) is 11.1 Å². The van der Waals surface area contributed by atoms with Crippen LogP contribution in [0.1, 0.15) is 21.5 Å². The van der Waals surface area contributed by atoms with E-state index in [9.17, 15) is 18.5 Å². The summed E-state index contributed by atoms with van der Waals surface area (Å²) in [6.45, 7) is 1.60. The molecule has 2 aromatic carbocycles. The normalized spacial score (nSPS) is 11.0. The molecule has 3 N–H and O–H groups in total. The summed E-state index contributed by atoms with van der Waals surface area (Å²) in [5.74, 6) is -1.44. The Kier molecular flexibility index (Phi) is 5.82. The summed E-state index contributed by atoms with van der Waals surface area (Å²) in [7, 11) is -4.09. The summed E-state index contributed by atoms with van der Waals surface area (Å²) >= 11 is 0. The first kappa shape index (κ1) is 21.6. The highest BCUT2D eigenvalue weighted by molar-refractivity contribution is 7.85. The third-order valence-corrected chi connectivity index (χ3v) is 4.45. The molecule has 0 bridgehead atoms. The largest absolute Gasteiger partial charge is 0.368 e. The van der Waals surface area contributed by atoms with Crippen LogP contribution < -0.4 is 5.73 Å². The number of guanidine groups is 1. The summed E-state index contributed by atoms with van der Waals surface area (Å²) in [5.41, 5.74) is 7.14. The molecule has 0 radical (unpaired) electrons. The minimum Gasteiger partial charge on any atom is -0.368 e. The second kappa shape index (κ2) is 8.34. The van der Waals surface area contributed by atoms with Crippen molar-refractivity contribution in [3.63, 3.8) is 0 Å². The lowest BCUT2D eigenvalue weighted by Crippen LogP contribution is -2.42. The van der Waals surface area contributed by atoms with Crippen molar-refractivity contribution in [1.29, 1.82) is 10.7 Å². The van der Waals surface area contributed by atoms with Crippen LogP contribution in [0.3, 0.4) is 0 Å². The van der Waals surface area contributed by atoms with Crippen LogP contribution in [0.4, 0.5) is 0 Å². The van der Waals surface area contributed by atoms with Gasteiger partial charge in [0.15, 0.2) is 0 Å². The molecule has 3 rings (SSSR count). The Balaban J connectivity index is 1.93. The number of amides is 1. The quantitative estimate of drug-likeness (QED) is 0.340. The Bertz CT molecular complexity index is 1330. The molecule has 0 aliphatic heterocycles. The molecule has 1 aromatic heterocycles. The van der Waals surface area contributed by atoms with Crippen LogP contribution in [0.25, 0.3) is 22.8 Å². The average Bonchev–Trinajstić information content (AvgIpc) is 3.20. The zero-order valence-electron chi connectivity index (χ0n) is 16.4. The van der Waals surface area contributed by atoms with E-state index in [1.54, 1.807) is 37.3 Å². The van der Waals surface area contributed by atoms with Gasteiger partial charge in [0.2, 0.25) is 11.8 Å². The molecule has 11 nitrogen and oxygen atoms in total. The fourth-order valence-electron chi connectivity index (χ4n) is 2.69. The van der Waals surface area contributed by atoms with Crippen LogP contribution >= 0.6 is 0 Å². The van der Waals surface area contributed by atoms with Crippen molar-refractivity contribution in [2.45, 2.75) is 6.92 Å². The van der Waals surface area contributed by atoms with Gasteiger partial charge in [0.05, 0.1) is 23.5 Å². The lowest BCUT2D eigenvalue weighted by Gasteiger charge is -2.18. The summed E-state index contributed by atoms with van der Waals surface area (Å²) in [4.78, 5) is 16.9. The molecular formula is C19H16N6O5S. The van der Waals surface area contributed by atoms with E-state index in [-0.39, 0.29) is 22.3 Å². The topological polar surface area (TPSA) is 176 Å². The maximum Gasteiger partial charge on any atom is 0.286 e. The smallest absolute Gasteiger partial charge is 0.286 e. The molecule has 0 unspecified atom stereocenters. The lowest BCUT2D eigenvalue weighted by molar-refractivity contribution is 0.0200. The van der Waals surface area contributed by atoms with Crippen LogP contribution in [-0.4, -0.2) is 41.7 Å². The number of carbonyl (C=O) groups is 1. The zero-order valence-corrected chi connectivity index (χ0v) is 17.2. The molecule has 1 heterocycles. The predicted octanol–water partition coefficient (Wildman–Crippen LogP) is 1.81. The van der Waals surface area contributed by atoms with Gasteiger partial charge < -0.3 is 10.3 Å². The van der Waals surface area contributed by atoms with Crippen molar-refractivity contribution in [1.82, 2.24) is 15.2 Å². The molecule has 0 spiro atoms. The summed E-state index contributed by atoms with van der Waals surface area (Å²) in [6.07, 6.45) is 0.727. The summed E-state index contributed by atoms with van der Waals surface area (Å²) in [5, 5.41) is 20.7. The van der Waals surface area contributed by atoms with Crippen LogP contribution in [0.5, 0.6) is 0 Å². The standard InChI is InChI=1S/C19H16N6O5S/c1-11-9-12(7-8-14(11)18(26)25(19(21)22)30-31(2,27)28)16-23-17(29-24-16)15-6-4-3-5-13(15)10-20/h3-9H,1-2H3,(H3,21,22). The van der Waals surface area contributed by atoms with Gasteiger partial charge in [-0.05, 0) is 36.8 Å². The van der Waals surface area contributed by atoms with E-state index in [4.69, 9.17) is 15.7 Å². The van der Waals surface area contributed by atoms with Crippen LogP contribution in [0.2, 0.25) is 0 Å². The van der Waals surface area contributed by atoms with E-state index in [2.05, 4.69) is 20.5 Å². The van der Waals surface area contributed by atoms with Gasteiger partial charge in [-0.1, -0.05) is 23.4 Å². The molecule has 158 valence electrons. The number of hydrogen-bond acceptors (Lipinski definition) is 9. The van der Waals surface area contributed by atoms with Gasteiger partial charge >= 0.3 is 0 Å². The maximum absolute atomic E-state index is 12.6. The van der Waals surface area contributed by atoms with Crippen LogP contribution in [0.15, 0.2) is 47.0 Å². The molecule has 3 aromatic rings. The van der Waals surface area contributed by atoms with Gasteiger partial charge in [-0.25, -0.2) is 0 Å². The Morgan fingerprint density at radius 2 is 2.00 bits per heavy atom. The van der Waals surface area contributed by atoms with Gasteiger partial charge in [0.25, 0.3) is 21.9 Å². The number of rotatable bonds is 5. The highest BCUT2D eigenvalue weighted by Crippen LogP contribution is 2.26. The molecule has 31 heavy (non-hydrogen) atoms. The van der Waals surface area contributed by atoms with E-state index in [0.717, 1.165) is 6.26 Å². The van der Waals surface area contributed by atoms with Crippen molar-refractivity contribution >= 4 is 22.0 Å². The average molecular weight is 440 g/mol.